The van der Waals surface area contributed by atoms with Crippen molar-refractivity contribution >= 4 is 46.7 Å². The van der Waals surface area contributed by atoms with Crippen LogP contribution in [0.15, 0.2) is 54.9 Å². The molecule has 3 rings (SSSR count). The summed E-state index contributed by atoms with van der Waals surface area (Å²) in [4.78, 5) is 40.3. The minimum absolute atomic E-state index is 0.138. The van der Waals surface area contributed by atoms with E-state index in [0.29, 0.717) is 16.4 Å². The minimum atomic E-state index is -1.08. The fourth-order valence-electron chi connectivity index (χ4n) is 3.40. The van der Waals surface area contributed by atoms with Crippen molar-refractivity contribution in [2.45, 2.75) is 38.8 Å². The van der Waals surface area contributed by atoms with E-state index >= 15 is 0 Å². The first kappa shape index (κ1) is 27.1. The molecule has 1 atom stereocenters. The van der Waals surface area contributed by atoms with Crippen LogP contribution in [0.2, 0.25) is 5.02 Å². The van der Waals surface area contributed by atoms with Crippen molar-refractivity contribution in [1.82, 2.24) is 25.1 Å². The first-order valence-electron chi connectivity index (χ1n) is 11.0. The molecule has 0 aliphatic rings. The second-order valence-electron chi connectivity index (χ2n) is 8.86. The maximum Gasteiger partial charge on any atom is 0.329 e. The smallest absolute Gasteiger partial charge is 0.329 e. The van der Waals surface area contributed by atoms with Gasteiger partial charge in [-0.2, -0.15) is 4.68 Å². The Kier molecular flexibility index (Phi) is 9.00. The van der Waals surface area contributed by atoms with E-state index in [1.165, 1.54) is 17.1 Å². The van der Waals surface area contributed by atoms with Crippen LogP contribution in [0.1, 0.15) is 26.3 Å². The number of aromatic nitrogens is 4. The van der Waals surface area contributed by atoms with E-state index in [4.69, 9.17) is 27.9 Å². The molecule has 10 nitrogen and oxygen atoms in total. The summed E-state index contributed by atoms with van der Waals surface area (Å²) in [5.74, 6) is -2.24. The number of benzene rings is 2. The summed E-state index contributed by atoms with van der Waals surface area (Å²) in [6.45, 7) is 4.73. The number of amides is 2. The summed E-state index contributed by atoms with van der Waals surface area (Å²) < 4.78 is 6.93. The van der Waals surface area contributed by atoms with Crippen molar-refractivity contribution in [3.63, 3.8) is 0 Å². The van der Waals surface area contributed by atoms with Crippen LogP contribution in [-0.4, -0.2) is 67.0 Å². The quantitative estimate of drug-likeness (QED) is 0.331. The second-order valence-corrected chi connectivity index (χ2v) is 9.56. The van der Waals surface area contributed by atoms with Gasteiger partial charge in [-0.15, -0.1) is 16.7 Å². The summed E-state index contributed by atoms with van der Waals surface area (Å²) in [6, 6.07) is 12.8. The number of tetrazole rings is 1. The van der Waals surface area contributed by atoms with Crippen molar-refractivity contribution in [3.8, 4) is 5.69 Å². The molecule has 190 valence electrons. The Morgan fingerprint density at radius 2 is 1.86 bits per heavy atom. The van der Waals surface area contributed by atoms with Crippen molar-refractivity contribution in [3.05, 3.63) is 65.4 Å². The molecular formula is C24H26Cl2N6O4. The number of carbonyl (C=O) groups is 3. The van der Waals surface area contributed by atoms with Crippen LogP contribution in [0.4, 0.5) is 5.69 Å². The molecule has 0 aliphatic carbocycles. The molecule has 1 N–H and O–H groups in total. The molecule has 0 fully saturated rings. The van der Waals surface area contributed by atoms with Gasteiger partial charge in [-0.3, -0.25) is 9.59 Å². The van der Waals surface area contributed by atoms with Gasteiger partial charge in [0.25, 0.3) is 0 Å². The topological polar surface area (TPSA) is 119 Å². The Labute approximate surface area is 218 Å². The van der Waals surface area contributed by atoms with Gasteiger partial charge in [0, 0.05) is 11.4 Å². The Bertz CT molecular complexity index is 1200. The van der Waals surface area contributed by atoms with Crippen LogP contribution >= 0.6 is 23.2 Å². The number of rotatable bonds is 9. The van der Waals surface area contributed by atoms with Crippen LogP contribution in [-0.2, 0) is 25.5 Å². The van der Waals surface area contributed by atoms with E-state index in [1.54, 1.807) is 32.9 Å². The van der Waals surface area contributed by atoms with Gasteiger partial charge in [0.15, 0.2) is 0 Å². The van der Waals surface area contributed by atoms with Gasteiger partial charge >= 0.3 is 5.97 Å². The zero-order valence-electron chi connectivity index (χ0n) is 20.0. The van der Waals surface area contributed by atoms with Crippen LogP contribution in [0.25, 0.3) is 5.69 Å². The average Bonchev–Trinajstić information content (AvgIpc) is 3.35. The highest BCUT2D eigenvalue weighted by molar-refractivity contribution is 6.31. The van der Waals surface area contributed by atoms with Gasteiger partial charge in [-0.25, -0.2) is 4.79 Å². The largest absolute Gasteiger partial charge is 0.458 e. The highest BCUT2D eigenvalue weighted by Crippen LogP contribution is 2.24. The molecule has 0 radical (unpaired) electrons. The van der Waals surface area contributed by atoms with E-state index < -0.39 is 41.9 Å². The number of hydrogen-bond donors (Lipinski definition) is 1. The van der Waals surface area contributed by atoms with Gasteiger partial charge < -0.3 is 15.0 Å². The molecule has 2 amide bonds. The average molecular weight is 533 g/mol. The monoisotopic (exact) mass is 532 g/mol. The lowest BCUT2D eigenvalue weighted by Gasteiger charge is -2.32. The van der Waals surface area contributed by atoms with Gasteiger partial charge in [0.1, 0.15) is 30.4 Å². The Hall–Kier alpha value is -3.50. The van der Waals surface area contributed by atoms with Gasteiger partial charge in [-0.05, 0) is 55.0 Å². The minimum Gasteiger partial charge on any atom is -0.458 e. The number of nitrogens with one attached hydrogen (secondary N) is 1. The molecule has 2 aromatic carbocycles. The number of ether oxygens (including phenoxy) is 1. The van der Waals surface area contributed by atoms with Crippen molar-refractivity contribution < 1.29 is 19.1 Å². The van der Waals surface area contributed by atoms with E-state index in [0.717, 1.165) is 10.5 Å². The maximum absolute atomic E-state index is 13.2. The normalized spacial score (nSPS) is 12.0. The summed E-state index contributed by atoms with van der Waals surface area (Å²) in [5, 5.41) is 14.1. The summed E-state index contributed by atoms with van der Waals surface area (Å²) in [5.41, 5.74) is 0.763. The highest BCUT2D eigenvalue weighted by atomic mass is 35.5. The predicted octanol–water partition coefficient (Wildman–Crippen LogP) is 3.27. The lowest BCUT2D eigenvalue weighted by molar-refractivity contribution is -0.164. The zero-order chi connectivity index (χ0) is 26.3. The van der Waals surface area contributed by atoms with E-state index in [2.05, 4.69) is 20.8 Å². The van der Waals surface area contributed by atoms with E-state index in [9.17, 15) is 14.4 Å². The molecule has 0 saturated carbocycles. The lowest BCUT2D eigenvalue weighted by atomic mass is 10.0. The standard InChI is InChI=1S/C24H26Cl2N6O4/c1-24(2,3)36-23(35)20(11-16-7-5-4-6-8-16)31(22(34)13-25)14-21(33)28-18-12-17(26)9-10-19(18)32-15-27-29-30-32/h4-10,12,15,20H,11,13-14H2,1-3H3,(H,28,33). The van der Waals surface area contributed by atoms with Crippen LogP contribution in [0.3, 0.4) is 0 Å². The third-order valence-electron chi connectivity index (χ3n) is 4.90. The fourth-order valence-corrected chi connectivity index (χ4v) is 3.73. The maximum atomic E-state index is 13.2. The van der Waals surface area contributed by atoms with Gasteiger partial charge in [0.05, 0.1) is 11.4 Å². The fraction of sp³-hybridized carbons (Fsp3) is 0.333. The molecular weight excluding hydrogens is 507 g/mol. The van der Waals surface area contributed by atoms with Crippen LogP contribution in [0, 0.1) is 0 Å². The van der Waals surface area contributed by atoms with Crippen molar-refractivity contribution in [1.29, 1.82) is 0 Å². The van der Waals surface area contributed by atoms with E-state index in [1.807, 2.05) is 30.3 Å². The SMILES string of the molecule is CC(C)(C)OC(=O)C(Cc1ccccc1)N(CC(=O)Nc1cc(Cl)ccc1-n1cnnn1)C(=O)CCl. The Balaban J connectivity index is 1.89. The molecule has 0 saturated heterocycles. The first-order valence-corrected chi connectivity index (χ1v) is 11.9. The van der Waals surface area contributed by atoms with Gasteiger partial charge in [-0.1, -0.05) is 41.9 Å². The Morgan fingerprint density at radius 1 is 1.14 bits per heavy atom. The molecule has 0 bridgehead atoms. The molecule has 1 heterocycles. The van der Waals surface area contributed by atoms with E-state index in [-0.39, 0.29) is 6.42 Å². The number of alkyl halides is 1. The summed E-state index contributed by atoms with van der Waals surface area (Å²) in [7, 11) is 0. The molecule has 1 aromatic heterocycles. The molecule has 3 aromatic rings. The molecule has 0 aliphatic heterocycles. The van der Waals surface area contributed by atoms with Crippen LogP contribution < -0.4 is 5.32 Å². The van der Waals surface area contributed by atoms with Crippen molar-refractivity contribution in [2.75, 3.05) is 17.7 Å². The Morgan fingerprint density at radius 3 is 2.47 bits per heavy atom. The highest BCUT2D eigenvalue weighted by Gasteiger charge is 2.34. The second kappa shape index (κ2) is 12.0. The summed E-state index contributed by atoms with van der Waals surface area (Å²) >= 11 is 12.0. The van der Waals surface area contributed by atoms with Gasteiger partial charge in [0.2, 0.25) is 11.8 Å². The summed E-state index contributed by atoms with van der Waals surface area (Å²) in [6.07, 6.45) is 1.50. The zero-order valence-corrected chi connectivity index (χ0v) is 21.5. The number of esters is 1. The molecule has 36 heavy (non-hydrogen) atoms. The number of hydrogen-bond acceptors (Lipinski definition) is 7. The molecule has 1 unspecified atom stereocenters. The molecule has 0 spiro atoms. The number of nitrogens with zero attached hydrogens (tertiary/aromatic N) is 5. The third kappa shape index (κ3) is 7.50. The number of anilines is 1. The third-order valence-corrected chi connectivity index (χ3v) is 5.37. The number of carbonyl (C=O) groups excluding carboxylic acids is 3. The predicted molar refractivity (Wildman–Crippen MR) is 135 cm³/mol. The first-order chi connectivity index (χ1) is 17.1. The van der Waals surface area contributed by atoms with Crippen LogP contribution in [0.5, 0.6) is 0 Å². The molecule has 12 heteroatoms. The van der Waals surface area contributed by atoms with Crippen molar-refractivity contribution in [2.24, 2.45) is 0 Å². The number of halogens is 2. The lowest BCUT2D eigenvalue weighted by Crippen LogP contribution is -2.51.